The SMILES string of the molecule is C/C(=C\CNC(=O)OCC1c2ccccc2-c2ccccc21)C(=O)N1CCOC(CC(=O)O)C1. The number of nitrogens with zero attached hydrogens (tertiary/aromatic N) is 1. The molecule has 0 bridgehead atoms. The van der Waals surface area contributed by atoms with Crippen molar-refractivity contribution in [3.05, 3.63) is 71.3 Å². The van der Waals surface area contributed by atoms with Crippen LogP contribution in [-0.2, 0) is 19.1 Å². The number of hydrogen-bond donors (Lipinski definition) is 2. The molecule has 1 aliphatic heterocycles. The molecule has 0 radical (unpaired) electrons. The molecule has 0 saturated carbocycles. The number of ether oxygens (including phenoxy) is 2. The summed E-state index contributed by atoms with van der Waals surface area (Å²) in [6.45, 7) is 2.98. The van der Waals surface area contributed by atoms with E-state index in [-0.39, 0.29) is 37.9 Å². The van der Waals surface area contributed by atoms with Crippen LogP contribution in [0.2, 0.25) is 0 Å². The maximum Gasteiger partial charge on any atom is 0.407 e. The topological polar surface area (TPSA) is 105 Å². The molecule has 2 amide bonds. The number of carboxylic acids is 1. The fraction of sp³-hybridized carbons (Fsp3) is 0.346. The highest BCUT2D eigenvalue weighted by Crippen LogP contribution is 2.44. The minimum Gasteiger partial charge on any atom is -0.481 e. The molecule has 1 unspecified atom stereocenters. The fourth-order valence-corrected chi connectivity index (χ4v) is 4.50. The molecular formula is C26H28N2O6. The van der Waals surface area contributed by atoms with Crippen LogP contribution >= 0.6 is 0 Å². The minimum absolute atomic E-state index is 0.0166. The average Bonchev–Trinajstić information content (AvgIpc) is 3.15. The van der Waals surface area contributed by atoms with Gasteiger partial charge in [0.05, 0.1) is 19.1 Å². The Bertz CT molecular complexity index is 1070. The molecule has 178 valence electrons. The smallest absolute Gasteiger partial charge is 0.407 e. The van der Waals surface area contributed by atoms with Crippen LogP contribution in [0.5, 0.6) is 0 Å². The lowest BCUT2D eigenvalue weighted by Crippen LogP contribution is -2.46. The predicted molar refractivity (Wildman–Crippen MR) is 125 cm³/mol. The number of alkyl carbamates (subject to hydrolysis) is 1. The second-order valence-corrected chi connectivity index (χ2v) is 8.44. The third-order valence-electron chi connectivity index (χ3n) is 6.16. The molecule has 1 heterocycles. The Morgan fingerprint density at radius 1 is 1.12 bits per heavy atom. The summed E-state index contributed by atoms with van der Waals surface area (Å²) in [4.78, 5) is 37.4. The first-order valence-corrected chi connectivity index (χ1v) is 11.3. The van der Waals surface area contributed by atoms with E-state index in [1.807, 2.05) is 24.3 Å². The van der Waals surface area contributed by atoms with Gasteiger partial charge in [0.2, 0.25) is 5.91 Å². The van der Waals surface area contributed by atoms with Gasteiger partial charge in [-0.1, -0.05) is 54.6 Å². The molecule has 2 N–H and O–H groups in total. The quantitative estimate of drug-likeness (QED) is 0.610. The van der Waals surface area contributed by atoms with Gasteiger partial charge >= 0.3 is 12.1 Å². The number of fused-ring (bicyclic) bond motifs is 3. The lowest BCUT2D eigenvalue weighted by molar-refractivity contribution is -0.146. The predicted octanol–water partition coefficient (Wildman–Crippen LogP) is 3.17. The van der Waals surface area contributed by atoms with Crippen molar-refractivity contribution >= 4 is 18.0 Å². The second-order valence-electron chi connectivity index (χ2n) is 8.44. The number of nitrogens with one attached hydrogen (secondary N) is 1. The highest BCUT2D eigenvalue weighted by molar-refractivity contribution is 5.93. The number of carbonyl (C=O) groups excluding carboxylic acids is 2. The van der Waals surface area contributed by atoms with E-state index in [1.54, 1.807) is 17.9 Å². The molecule has 1 atom stereocenters. The standard InChI is InChI=1S/C26H28N2O6/c1-17(25(31)28-12-13-33-18(15-28)14-24(29)30)10-11-27-26(32)34-16-23-21-8-4-2-6-19(21)20-7-3-5-9-22(20)23/h2-10,18,23H,11-16H2,1H3,(H,27,32)(H,29,30)/b17-10+. The Morgan fingerprint density at radius 2 is 1.76 bits per heavy atom. The molecule has 8 heteroatoms. The van der Waals surface area contributed by atoms with Crippen LogP contribution in [0.3, 0.4) is 0 Å². The van der Waals surface area contributed by atoms with Crippen molar-refractivity contribution in [2.45, 2.75) is 25.4 Å². The summed E-state index contributed by atoms with van der Waals surface area (Å²) in [6.07, 6.45) is 0.426. The number of rotatable bonds is 7. The van der Waals surface area contributed by atoms with Crippen molar-refractivity contribution in [2.75, 3.05) is 32.8 Å². The first-order valence-electron chi connectivity index (χ1n) is 11.3. The summed E-state index contributed by atoms with van der Waals surface area (Å²) in [6, 6.07) is 16.3. The molecule has 1 fully saturated rings. The Hall–Kier alpha value is -3.65. The molecule has 2 aromatic rings. The van der Waals surface area contributed by atoms with Gasteiger partial charge in [-0.2, -0.15) is 0 Å². The summed E-state index contributed by atoms with van der Waals surface area (Å²) in [7, 11) is 0. The van der Waals surface area contributed by atoms with E-state index in [0.29, 0.717) is 18.7 Å². The third-order valence-corrected chi connectivity index (χ3v) is 6.16. The molecule has 8 nitrogen and oxygen atoms in total. The van der Waals surface area contributed by atoms with Crippen molar-refractivity contribution in [1.82, 2.24) is 10.2 Å². The summed E-state index contributed by atoms with van der Waals surface area (Å²) in [5.41, 5.74) is 5.08. The van der Waals surface area contributed by atoms with Crippen LogP contribution in [0.25, 0.3) is 11.1 Å². The van der Waals surface area contributed by atoms with Crippen molar-refractivity contribution in [3.63, 3.8) is 0 Å². The summed E-state index contributed by atoms with van der Waals surface area (Å²) < 4.78 is 10.9. The van der Waals surface area contributed by atoms with Gasteiger partial charge in [-0.15, -0.1) is 0 Å². The van der Waals surface area contributed by atoms with E-state index < -0.39 is 18.2 Å². The average molecular weight is 465 g/mol. The number of aliphatic carboxylic acids is 1. The van der Waals surface area contributed by atoms with Gasteiger partial charge in [-0.25, -0.2) is 4.79 Å². The molecule has 2 aliphatic rings. The van der Waals surface area contributed by atoms with Crippen LogP contribution in [0, 0.1) is 0 Å². The van der Waals surface area contributed by atoms with Crippen LogP contribution in [0.1, 0.15) is 30.4 Å². The van der Waals surface area contributed by atoms with Gasteiger partial charge in [-0.3, -0.25) is 9.59 Å². The van der Waals surface area contributed by atoms with Gasteiger partial charge in [0, 0.05) is 31.1 Å². The largest absolute Gasteiger partial charge is 0.481 e. The number of morpholine rings is 1. The fourth-order valence-electron chi connectivity index (χ4n) is 4.50. The zero-order valence-electron chi connectivity index (χ0n) is 19.0. The highest BCUT2D eigenvalue weighted by atomic mass is 16.5. The maximum atomic E-state index is 12.6. The van der Waals surface area contributed by atoms with E-state index in [0.717, 1.165) is 22.3 Å². The summed E-state index contributed by atoms with van der Waals surface area (Å²) in [5.74, 6) is -1.18. The van der Waals surface area contributed by atoms with Crippen molar-refractivity contribution in [2.24, 2.45) is 0 Å². The zero-order valence-corrected chi connectivity index (χ0v) is 19.0. The highest BCUT2D eigenvalue weighted by Gasteiger charge is 2.29. The van der Waals surface area contributed by atoms with Gasteiger partial charge in [0.15, 0.2) is 0 Å². The normalized spacial score (nSPS) is 17.6. The van der Waals surface area contributed by atoms with E-state index in [9.17, 15) is 14.4 Å². The minimum atomic E-state index is -0.959. The van der Waals surface area contributed by atoms with Crippen LogP contribution < -0.4 is 5.32 Å². The Balaban J connectivity index is 1.27. The van der Waals surface area contributed by atoms with Gasteiger partial charge in [0.1, 0.15) is 6.61 Å². The molecule has 4 rings (SSSR count). The van der Waals surface area contributed by atoms with Crippen molar-refractivity contribution in [1.29, 1.82) is 0 Å². The first kappa shape index (κ1) is 23.5. The van der Waals surface area contributed by atoms with Gasteiger partial charge in [-0.05, 0) is 29.2 Å². The Labute approximate surface area is 198 Å². The summed E-state index contributed by atoms with van der Waals surface area (Å²) >= 11 is 0. The molecule has 2 aromatic carbocycles. The summed E-state index contributed by atoms with van der Waals surface area (Å²) in [5, 5.41) is 11.6. The van der Waals surface area contributed by atoms with Gasteiger partial charge in [0.25, 0.3) is 0 Å². The lowest BCUT2D eigenvalue weighted by Gasteiger charge is -2.32. The van der Waals surface area contributed by atoms with E-state index >= 15 is 0 Å². The molecule has 0 aromatic heterocycles. The Morgan fingerprint density at radius 3 is 2.41 bits per heavy atom. The third kappa shape index (κ3) is 5.28. The van der Waals surface area contributed by atoms with E-state index in [2.05, 4.69) is 29.6 Å². The van der Waals surface area contributed by atoms with Crippen LogP contribution in [0.4, 0.5) is 4.79 Å². The molecule has 34 heavy (non-hydrogen) atoms. The number of carbonyl (C=O) groups is 3. The Kier molecular flexibility index (Phi) is 7.27. The van der Waals surface area contributed by atoms with E-state index in [1.165, 1.54) is 0 Å². The number of benzene rings is 2. The number of hydrogen-bond acceptors (Lipinski definition) is 5. The van der Waals surface area contributed by atoms with Crippen LogP contribution in [0.15, 0.2) is 60.2 Å². The van der Waals surface area contributed by atoms with E-state index in [4.69, 9.17) is 14.6 Å². The monoisotopic (exact) mass is 464 g/mol. The van der Waals surface area contributed by atoms with Gasteiger partial charge < -0.3 is 24.8 Å². The number of amides is 2. The maximum absolute atomic E-state index is 12.6. The van der Waals surface area contributed by atoms with Crippen LogP contribution in [-0.4, -0.2) is 66.9 Å². The first-order chi connectivity index (χ1) is 16.4. The molecule has 1 saturated heterocycles. The zero-order chi connectivity index (χ0) is 24.1. The van der Waals surface area contributed by atoms with Crippen molar-refractivity contribution < 1.29 is 29.0 Å². The second kappa shape index (κ2) is 10.5. The molecular weight excluding hydrogens is 436 g/mol. The molecule has 1 aliphatic carbocycles. The number of carboxylic acid groups (broad SMARTS) is 1. The lowest BCUT2D eigenvalue weighted by atomic mass is 9.98. The molecule has 0 spiro atoms. The van der Waals surface area contributed by atoms with Crippen molar-refractivity contribution in [3.8, 4) is 11.1 Å².